The summed E-state index contributed by atoms with van der Waals surface area (Å²) in [5.74, 6) is 1.19. The van der Waals surface area contributed by atoms with Crippen molar-refractivity contribution >= 4 is 11.8 Å². The fourth-order valence-corrected chi connectivity index (χ4v) is 2.53. The molecule has 6 heteroatoms. The molecular formula is C14H12N4OS. The quantitative estimate of drug-likeness (QED) is 0.686. The van der Waals surface area contributed by atoms with Crippen LogP contribution in [-0.2, 0) is 5.75 Å². The van der Waals surface area contributed by atoms with Crippen molar-refractivity contribution in [3.63, 3.8) is 0 Å². The molecule has 0 radical (unpaired) electrons. The van der Waals surface area contributed by atoms with Crippen LogP contribution in [0.4, 0.5) is 0 Å². The Morgan fingerprint density at radius 1 is 1.15 bits per heavy atom. The first kappa shape index (κ1) is 12.8. The van der Waals surface area contributed by atoms with Crippen LogP contribution < -0.4 is 0 Å². The lowest BCUT2D eigenvalue weighted by atomic mass is 10.1. The molecule has 0 amide bonds. The van der Waals surface area contributed by atoms with Crippen molar-refractivity contribution in [3.05, 3.63) is 54.0 Å². The molecule has 0 aliphatic heterocycles. The van der Waals surface area contributed by atoms with Crippen molar-refractivity contribution < 1.29 is 4.42 Å². The van der Waals surface area contributed by atoms with E-state index in [1.165, 1.54) is 22.9 Å². The van der Waals surface area contributed by atoms with Crippen LogP contribution in [0.1, 0.15) is 11.1 Å². The molecular weight excluding hydrogens is 272 g/mol. The van der Waals surface area contributed by atoms with Gasteiger partial charge < -0.3 is 4.42 Å². The first-order valence-corrected chi connectivity index (χ1v) is 7.08. The van der Waals surface area contributed by atoms with Crippen LogP contribution in [0, 0.1) is 6.92 Å². The topological polar surface area (TPSA) is 64.7 Å². The van der Waals surface area contributed by atoms with Crippen LogP contribution >= 0.6 is 11.8 Å². The minimum atomic E-state index is 0.394. The largest absolute Gasteiger partial charge is 0.410 e. The predicted molar refractivity (Wildman–Crippen MR) is 76.1 cm³/mol. The molecule has 100 valence electrons. The van der Waals surface area contributed by atoms with E-state index in [9.17, 15) is 0 Å². The Hall–Kier alpha value is -2.21. The highest BCUT2D eigenvalue weighted by atomic mass is 32.2. The molecule has 5 nitrogen and oxygen atoms in total. The van der Waals surface area contributed by atoms with Gasteiger partial charge in [0.2, 0.25) is 0 Å². The lowest BCUT2D eigenvalue weighted by Crippen LogP contribution is -1.85. The molecule has 0 aliphatic carbocycles. The van der Waals surface area contributed by atoms with E-state index in [0.717, 1.165) is 5.75 Å². The highest BCUT2D eigenvalue weighted by molar-refractivity contribution is 7.98. The van der Waals surface area contributed by atoms with Crippen molar-refractivity contribution in [1.29, 1.82) is 0 Å². The molecule has 0 N–H and O–H groups in total. The maximum atomic E-state index is 5.57. The van der Waals surface area contributed by atoms with Gasteiger partial charge in [-0.05, 0) is 18.1 Å². The van der Waals surface area contributed by atoms with Gasteiger partial charge >= 0.3 is 0 Å². The van der Waals surface area contributed by atoms with E-state index in [0.29, 0.717) is 16.8 Å². The van der Waals surface area contributed by atoms with E-state index in [1.807, 2.05) is 12.1 Å². The number of benzene rings is 1. The van der Waals surface area contributed by atoms with Gasteiger partial charge in [-0.25, -0.2) is 4.98 Å². The lowest BCUT2D eigenvalue weighted by Gasteiger charge is -2.02. The Balaban J connectivity index is 1.71. The summed E-state index contributed by atoms with van der Waals surface area (Å²) in [5, 5.41) is 8.53. The fraction of sp³-hybridized carbons (Fsp3) is 0.143. The highest BCUT2D eigenvalue weighted by Crippen LogP contribution is 2.25. The molecule has 2 aromatic heterocycles. The van der Waals surface area contributed by atoms with Crippen molar-refractivity contribution in [2.24, 2.45) is 0 Å². The van der Waals surface area contributed by atoms with Crippen molar-refractivity contribution in [3.8, 4) is 11.6 Å². The van der Waals surface area contributed by atoms with Gasteiger partial charge in [0, 0.05) is 18.1 Å². The summed E-state index contributed by atoms with van der Waals surface area (Å²) >= 11 is 1.51. The Labute approximate surface area is 120 Å². The van der Waals surface area contributed by atoms with E-state index in [4.69, 9.17) is 4.42 Å². The Morgan fingerprint density at radius 2 is 2.05 bits per heavy atom. The van der Waals surface area contributed by atoms with Crippen LogP contribution in [0.5, 0.6) is 0 Å². The molecule has 0 spiro atoms. The van der Waals surface area contributed by atoms with Crippen LogP contribution in [-0.4, -0.2) is 20.2 Å². The predicted octanol–water partition coefficient (Wildman–Crippen LogP) is 3.13. The standard InChI is InChI=1S/C14H12N4OS/c1-10-4-2-3-5-11(10)9-20-14-18-17-13(19-14)12-8-15-6-7-16-12/h2-8H,9H2,1H3. The first-order chi connectivity index (χ1) is 9.83. The highest BCUT2D eigenvalue weighted by Gasteiger charge is 2.10. The van der Waals surface area contributed by atoms with Gasteiger partial charge in [-0.3, -0.25) is 4.98 Å². The second kappa shape index (κ2) is 5.83. The van der Waals surface area contributed by atoms with Gasteiger partial charge in [0.05, 0.1) is 6.20 Å². The number of hydrogen-bond acceptors (Lipinski definition) is 6. The minimum absolute atomic E-state index is 0.394. The maximum Gasteiger partial charge on any atom is 0.277 e. The van der Waals surface area contributed by atoms with Crippen molar-refractivity contribution in [2.75, 3.05) is 0 Å². The summed E-state index contributed by atoms with van der Waals surface area (Å²) in [6, 6.07) is 8.25. The average Bonchev–Trinajstić information content (AvgIpc) is 2.96. The van der Waals surface area contributed by atoms with E-state index in [2.05, 4.69) is 39.2 Å². The third-order valence-corrected chi connectivity index (χ3v) is 3.67. The third kappa shape index (κ3) is 2.85. The summed E-state index contributed by atoms with van der Waals surface area (Å²) in [7, 11) is 0. The molecule has 2 heterocycles. The second-order valence-electron chi connectivity index (χ2n) is 4.18. The maximum absolute atomic E-state index is 5.57. The van der Waals surface area contributed by atoms with E-state index < -0.39 is 0 Å². The normalized spacial score (nSPS) is 10.7. The number of thioether (sulfide) groups is 1. The van der Waals surface area contributed by atoms with Crippen molar-refractivity contribution in [2.45, 2.75) is 17.9 Å². The average molecular weight is 284 g/mol. The molecule has 3 aromatic rings. The SMILES string of the molecule is Cc1ccccc1CSc1nnc(-c2cnccn2)o1. The Morgan fingerprint density at radius 3 is 2.85 bits per heavy atom. The fourth-order valence-electron chi connectivity index (χ4n) is 1.69. The smallest absolute Gasteiger partial charge is 0.277 e. The molecule has 0 bridgehead atoms. The van der Waals surface area contributed by atoms with E-state index >= 15 is 0 Å². The zero-order valence-electron chi connectivity index (χ0n) is 10.9. The molecule has 0 unspecified atom stereocenters. The first-order valence-electron chi connectivity index (χ1n) is 6.10. The summed E-state index contributed by atoms with van der Waals surface area (Å²) in [4.78, 5) is 8.11. The Kier molecular flexibility index (Phi) is 3.73. The minimum Gasteiger partial charge on any atom is -0.410 e. The van der Waals surface area contributed by atoms with Gasteiger partial charge in [0.15, 0.2) is 0 Å². The molecule has 3 rings (SSSR count). The van der Waals surface area contributed by atoms with Gasteiger partial charge in [-0.1, -0.05) is 36.0 Å². The molecule has 0 aliphatic rings. The zero-order chi connectivity index (χ0) is 13.8. The third-order valence-electron chi connectivity index (χ3n) is 2.80. The number of aryl methyl sites for hydroxylation is 1. The van der Waals surface area contributed by atoms with Gasteiger partial charge in [-0.15, -0.1) is 10.2 Å². The van der Waals surface area contributed by atoms with Gasteiger partial charge in [0.25, 0.3) is 11.1 Å². The summed E-state index contributed by atoms with van der Waals surface area (Å²) in [5.41, 5.74) is 3.10. The molecule has 0 saturated carbocycles. The monoisotopic (exact) mass is 284 g/mol. The number of rotatable bonds is 4. The van der Waals surface area contributed by atoms with E-state index in [-0.39, 0.29) is 0 Å². The lowest BCUT2D eigenvalue weighted by molar-refractivity contribution is 0.464. The zero-order valence-corrected chi connectivity index (χ0v) is 11.7. The summed E-state index contributed by atoms with van der Waals surface area (Å²) in [6.07, 6.45) is 4.80. The van der Waals surface area contributed by atoms with Gasteiger partial charge in [0.1, 0.15) is 5.69 Å². The summed E-state index contributed by atoms with van der Waals surface area (Å²) in [6.45, 7) is 2.09. The second-order valence-corrected chi connectivity index (χ2v) is 5.11. The number of hydrogen-bond donors (Lipinski definition) is 0. The van der Waals surface area contributed by atoms with Crippen LogP contribution in [0.3, 0.4) is 0 Å². The number of nitrogens with zero attached hydrogens (tertiary/aromatic N) is 4. The molecule has 0 fully saturated rings. The number of aromatic nitrogens is 4. The summed E-state index contributed by atoms with van der Waals surface area (Å²) < 4.78 is 5.57. The van der Waals surface area contributed by atoms with Crippen LogP contribution in [0.15, 0.2) is 52.5 Å². The molecule has 20 heavy (non-hydrogen) atoms. The molecule has 0 atom stereocenters. The molecule has 0 saturated heterocycles. The van der Waals surface area contributed by atoms with Crippen molar-refractivity contribution in [1.82, 2.24) is 20.2 Å². The Bertz CT molecular complexity index is 699. The van der Waals surface area contributed by atoms with Gasteiger partial charge in [-0.2, -0.15) is 0 Å². The van der Waals surface area contributed by atoms with E-state index in [1.54, 1.807) is 18.6 Å². The van der Waals surface area contributed by atoms with Crippen LogP contribution in [0.2, 0.25) is 0 Å². The molecule has 1 aromatic carbocycles. The van der Waals surface area contributed by atoms with Crippen LogP contribution in [0.25, 0.3) is 11.6 Å².